The largest absolute Gasteiger partial charge is 0.462 e. The maximum Gasteiger partial charge on any atom is 0.217 e. The number of rotatable bonds is 5. The summed E-state index contributed by atoms with van der Waals surface area (Å²) in [4.78, 5) is 29.0. The van der Waals surface area contributed by atoms with E-state index in [1.54, 1.807) is 6.20 Å². The summed E-state index contributed by atoms with van der Waals surface area (Å²) in [5.74, 6) is 2.41. The predicted molar refractivity (Wildman–Crippen MR) is 89.8 cm³/mol. The molecule has 0 bridgehead atoms. The van der Waals surface area contributed by atoms with Crippen molar-refractivity contribution < 1.29 is 14.0 Å². The van der Waals surface area contributed by atoms with Gasteiger partial charge in [-0.05, 0) is 44.0 Å². The van der Waals surface area contributed by atoms with Gasteiger partial charge in [-0.2, -0.15) is 0 Å². The second kappa shape index (κ2) is 6.86. The molecule has 6 heteroatoms. The van der Waals surface area contributed by atoms with E-state index in [1.165, 1.54) is 13.8 Å². The fourth-order valence-corrected chi connectivity index (χ4v) is 2.98. The molecular formula is C18H21N3O3. The molecule has 0 unspecified atom stereocenters. The first-order valence-electron chi connectivity index (χ1n) is 8.11. The number of amides is 1. The maximum atomic E-state index is 11.4. The van der Waals surface area contributed by atoms with E-state index in [2.05, 4.69) is 15.2 Å². The van der Waals surface area contributed by atoms with Gasteiger partial charge in [-0.25, -0.2) is 4.98 Å². The summed E-state index contributed by atoms with van der Waals surface area (Å²) in [5, 5.41) is 2.73. The number of carbonyl (C=O) groups is 2. The van der Waals surface area contributed by atoms with Gasteiger partial charge >= 0.3 is 0 Å². The van der Waals surface area contributed by atoms with Crippen LogP contribution in [0.4, 0.5) is 5.82 Å². The Morgan fingerprint density at radius 1 is 1.29 bits per heavy atom. The number of ketones is 1. The number of pyridine rings is 1. The van der Waals surface area contributed by atoms with Crippen LogP contribution in [0.3, 0.4) is 0 Å². The number of nitrogens with one attached hydrogen (secondary N) is 1. The zero-order valence-electron chi connectivity index (χ0n) is 13.9. The topological polar surface area (TPSA) is 75.4 Å². The van der Waals surface area contributed by atoms with Crippen molar-refractivity contribution in [3.05, 3.63) is 47.5 Å². The SMILES string of the molecule is CC(=O)NCc1ccc([C@@H]2CCCN2c2ccc(C(C)=O)cn2)o1. The van der Waals surface area contributed by atoms with Gasteiger partial charge in [0.15, 0.2) is 5.78 Å². The Kier molecular flexibility index (Phi) is 4.64. The Morgan fingerprint density at radius 2 is 2.12 bits per heavy atom. The van der Waals surface area contributed by atoms with E-state index >= 15 is 0 Å². The fraction of sp³-hybridized carbons (Fsp3) is 0.389. The monoisotopic (exact) mass is 327 g/mol. The average Bonchev–Trinajstić information content (AvgIpc) is 3.22. The van der Waals surface area contributed by atoms with Crippen molar-refractivity contribution in [2.75, 3.05) is 11.4 Å². The highest BCUT2D eigenvalue weighted by Crippen LogP contribution is 2.36. The molecule has 1 atom stereocenters. The Bertz CT molecular complexity index is 736. The van der Waals surface area contributed by atoms with Crippen LogP contribution >= 0.6 is 0 Å². The molecule has 0 radical (unpaired) electrons. The molecule has 0 spiro atoms. The molecule has 3 rings (SSSR count). The van der Waals surface area contributed by atoms with Crippen molar-refractivity contribution in [3.8, 4) is 0 Å². The first kappa shape index (κ1) is 16.2. The second-order valence-corrected chi connectivity index (χ2v) is 6.03. The molecule has 1 aliphatic rings. The molecule has 1 amide bonds. The number of carbonyl (C=O) groups excluding carboxylic acids is 2. The van der Waals surface area contributed by atoms with Crippen molar-refractivity contribution in [2.45, 2.75) is 39.3 Å². The molecule has 0 aliphatic carbocycles. The lowest BCUT2D eigenvalue weighted by Gasteiger charge is -2.24. The quantitative estimate of drug-likeness (QED) is 0.855. The standard InChI is InChI=1S/C18H21N3O3/c1-12(22)14-5-8-18(20-10-14)21-9-3-4-16(21)17-7-6-15(24-17)11-19-13(2)23/h5-8,10,16H,3-4,9,11H2,1-2H3,(H,19,23)/t16-/m0/s1. The summed E-state index contributed by atoms with van der Waals surface area (Å²) in [6, 6.07) is 7.69. The lowest BCUT2D eigenvalue weighted by molar-refractivity contribution is -0.119. The van der Waals surface area contributed by atoms with E-state index in [0.717, 1.165) is 36.7 Å². The number of hydrogen-bond donors (Lipinski definition) is 1. The molecule has 126 valence electrons. The third-order valence-corrected chi connectivity index (χ3v) is 4.22. The lowest BCUT2D eigenvalue weighted by Crippen LogP contribution is -2.23. The zero-order chi connectivity index (χ0) is 17.1. The smallest absolute Gasteiger partial charge is 0.217 e. The summed E-state index contributed by atoms with van der Waals surface area (Å²) in [5.41, 5.74) is 0.616. The summed E-state index contributed by atoms with van der Waals surface area (Å²) in [6.45, 7) is 4.32. The van der Waals surface area contributed by atoms with Gasteiger partial charge < -0.3 is 14.6 Å². The van der Waals surface area contributed by atoms with Crippen LogP contribution in [0.15, 0.2) is 34.9 Å². The normalized spacial score (nSPS) is 17.1. The van der Waals surface area contributed by atoms with Gasteiger partial charge in [0.1, 0.15) is 17.3 Å². The highest BCUT2D eigenvalue weighted by molar-refractivity contribution is 5.93. The minimum absolute atomic E-state index is 0.0145. The van der Waals surface area contributed by atoms with E-state index < -0.39 is 0 Å². The Hall–Kier alpha value is -2.63. The third-order valence-electron chi connectivity index (χ3n) is 4.22. The summed E-state index contributed by atoms with van der Waals surface area (Å²) < 4.78 is 5.89. The highest BCUT2D eigenvalue weighted by Gasteiger charge is 2.29. The number of furan rings is 1. The number of anilines is 1. The van der Waals surface area contributed by atoms with Crippen LogP contribution in [-0.2, 0) is 11.3 Å². The molecular weight excluding hydrogens is 306 g/mol. The second-order valence-electron chi connectivity index (χ2n) is 6.03. The number of hydrogen-bond acceptors (Lipinski definition) is 5. The molecule has 1 aliphatic heterocycles. The van der Waals surface area contributed by atoms with Crippen LogP contribution in [0.25, 0.3) is 0 Å². The Balaban J connectivity index is 1.75. The number of nitrogens with zero attached hydrogens (tertiary/aromatic N) is 2. The molecule has 1 fully saturated rings. The van der Waals surface area contributed by atoms with E-state index in [-0.39, 0.29) is 17.7 Å². The van der Waals surface area contributed by atoms with Gasteiger partial charge in [-0.1, -0.05) is 0 Å². The highest BCUT2D eigenvalue weighted by atomic mass is 16.3. The van der Waals surface area contributed by atoms with E-state index in [1.807, 2.05) is 24.3 Å². The van der Waals surface area contributed by atoms with Crippen LogP contribution < -0.4 is 10.2 Å². The maximum absolute atomic E-state index is 11.4. The van der Waals surface area contributed by atoms with Crippen molar-refractivity contribution in [1.82, 2.24) is 10.3 Å². The predicted octanol–water partition coefficient (Wildman–Crippen LogP) is 2.85. The van der Waals surface area contributed by atoms with Crippen molar-refractivity contribution in [1.29, 1.82) is 0 Å². The van der Waals surface area contributed by atoms with Crippen LogP contribution in [0.5, 0.6) is 0 Å². The molecule has 2 aromatic rings. The zero-order valence-corrected chi connectivity index (χ0v) is 13.9. The van der Waals surface area contributed by atoms with Gasteiger partial charge in [0.25, 0.3) is 0 Å². The van der Waals surface area contributed by atoms with Gasteiger partial charge in [0.2, 0.25) is 5.91 Å². The van der Waals surface area contributed by atoms with E-state index in [0.29, 0.717) is 12.1 Å². The molecule has 0 aromatic carbocycles. The Morgan fingerprint density at radius 3 is 2.79 bits per heavy atom. The Labute approximate surface area is 140 Å². The number of aromatic nitrogens is 1. The molecule has 2 aromatic heterocycles. The first-order valence-corrected chi connectivity index (χ1v) is 8.11. The minimum atomic E-state index is -0.0785. The third kappa shape index (κ3) is 3.48. The van der Waals surface area contributed by atoms with E-state index in [4.69, 9.17) is 4.42 Å². The summed E-state index contributed by atoms with van der Waals surface area (Å²) in [7, 11) is 0. The van der Waals surface area contributed by atoms with Crippen molar-refractivity contribution >= 4 is 17.5 Å². The minimum Gasteiger partial charge on any atom is -0.462 e. The molecule has 24 heavy (non-hydrogen) atoms. The first-order chi connectivity index (χ1) is 11.5. The molecule has 1 saturated heterocycles. The van der Waals surface area contributed by atoms with Crippen LogP contribution in [-0.4, -0.2) is 23.2 Å². The van der Waals surface area contributed by atoms with Crippen molar-refractivity contribution in [2.24, 2.45) is 0 Å². The van der Waals surface area contributed by atoms with Gasteiger partial charge in [-0.15, -0.1) is 0 Å². The lowest BCUT2D eigenvalue weighted by atomic mass is 10.1. The van der Waals surface area contributed by atoms with E-state index in [9.17, 15) is 9.59 Å². The average molecular weight is 327 g/mol. The van der Waals surface area contributed by atoms with Crippen LogP contribution in [0.2, 0.25) is 0 Å². The molecule has 3 heterocycles. The fourth-order valence-electron chi connectivity index (χ4n) is 2.98. The summed E-state index contributed by atoms with van der Waals surface area (Å²) in [6.07, 6.45) is 3.67. The molecule has 0 saturated carbocycles. The summed E-state index contributed by atoms with van der Waals surface area (Å²) >= 11 is 0. The van der Waals surface area contributed by atoms with Gasteiger partial charge in [-0.3, -0.25) is 9.59 Å². The van der Waals surface area contributed by atoms with Crippen molar-refractivity contribution in [3.63, 3.8) is 0 Å². The van der Waals surface area contributed by atoms with Gasteiger partial charge in [0, 0.05) is 25.2 Å². The molecule has 1 N–H and O–H groups in total. The van der Waals surface area contributed by atoms with Gasteiger partial charge in [0.05, 0.1) is 12.6 Å². The number of Topliss-reactive ketones (excluding diaryl/α,β-unsaturated/α-hetero) is 1. The molecule has 6 nitrogen and oxygen atoms in total. The van der Waals surface area contributed by atoms with Crippen LogP contribution in [0, 0.1) is 0 Å². The van der Waals surface area contributed by atoms with Crippen LogP contribution in [0.1, 0.15) is 54.6 Å².